The Morgan fingerprint density at radius 3 is 3.00 bits per heavy atom. The zero-order valence-electron chi connectivity index (χ0n) is 7.32. The third-order valence-electron chi connectivity index (χ3n) is 2.02. The molecule has 12 heavy (non-hydrogen) atoms. The van der Waals surface area contributed by atoms with Crippen molar-refractivity contribution in [3.8, 4) is 0 Å². The molecule has 1 heterocycles. The molecule has 1 rings (SSSR count). The highest BCUT2D eigenvalue weighted by Crippen LogP contribution is 2.13. The van der Waals surface area contributed by atoms with E-state index < -0.39 is 0 Å². The van der Waals surface area contributed by atoms with Crippen molar-refractivity contribution in [3.63, 3.8) is 0 Å². The molecule has 0 saturated carbocycles. The molecule has 0 aromatic rings. The first-order valence-electron chi connectivity index (χ1n) is 4.23. The minimum atomic E-state index is -0.262. The molecule has 1 aliphatic rings. The standard InChI is InChI=1S/C8H15NO3/c1-9(4-5-10)8(11)7-3-2-6-12-7/h7,10H,2-6H2,1H3. The Morgan fingerprint density at radius 2 is 2.50 bits per heavy atom. The van der Waals surface area contributed by atoms with E-state index in [0.717, 1.165) is 12.8 Å². The monoisotopic (exact) mass is 173 g/mol. The summed E-state index contributed by atoms with van der Waals surface area (Å²) in [6, 6.07) is 0. The van der Waals surface area contributed by atoms with Gasteiger partial charge >= 0.3 is 0 Å². The summed E-state index contributed by atoms with van der Waals surface area (Å²) in [5.74, 6) is -0.0125. The maximum absolute atomic E-state index is 11.4. The minimum absolute atomic E-state index is 0.00889. The van der Waals surface area contributed by atoms with Gasteiger partial charge in [0.15, 0.2) is 0 Å². The summed E-state index contributed by atoms with van der Waals surface area (Å²) in [6.07, 6.45) is 1.51. The molecule has 4 heteroatoms. The van der Waals surface area contributed by atoms with Crippen molar-refractivity contribution < 1.29 is 14.6 Å². The van der Waals surface area contributed by atoms with Crippen LogP contribution in [0.25, 0.3) is 0 Å². The van der Waals surface area contributed by atoms with E-state index >= 15 is 0 Å². The molecule has 0 aromatic heterocycles. The Morgan fingerprint density at radius 1 is 1.75 bits per heavy atom. The zero-order chi connectivity index (χ0) is 8.97. The van der Waals surface area contributed by atoms with E-state index in [4.69, 9.17) is 9.84 Å². The number of carbonyl (C=O) groups is 1. The van der Waals surface area contributed by atoms with E-state index in [0.29, 0.717) is 13.2 Å². The minimum Gasteiger partial charge on any atom is -0.395 e. The molecule has 4 nitrogen and oxygen atoms in total. The Balaban J connectivity index is 2.34. The summed E-state index contributed by atoms with van der Waals surface area (Å²) in [5.41, 5.74) is 0. The highest BCUT2D eigenvalue weighted by atomic mass is 16.5. The highest BCUT2D eigenvalue weighted by molar-refractivity contribution is 5.80. The van der Waals surface area contributed by atoms with E-state index in [1.54, 1.807) is 7.05 Å². The second-order valence-electron chi connectivity index (χ2n) is 2.99. The molecule has 0 aromatic carbocycles. The van der Waals surface area contributed by atoms with Gasteiger partial charge in [-0.1, -0.05) is 0 Å². The summed E-state index contributed by atoms with van der Waals surface area (Å²) in [7, 11) is 1.68. The van der Waals surface area contributed by atoms with E-state index in [9.17, 15) is 4.79 Å². The largest absolute Gasteiger partial charge is 0.395 e. The fourth-order valence-electron chi connectivity index (χ4n) is 1.28. The molecule has 70 valence electrons. The Labute approximate surface area is 72.1 Å². The van der Waals surface area contributed by atoms with Gasteiger partial charge in [0.1, 0.15) is 6.10 Å². The molecule has 1 N–H and O–H groups in total. The van der Waals surface area contributed by atoms with Gasteiger partial charge < -0.3 is 14.7 Å². The summed E-state index contributed by atoms with van der Waals surface area (Å²) in [4.78, 5) is 12.9. The van der Waals surface area contributed by atoms with Crippen molar-refractivity contribution in [3.05, 3.63) is 0 Å². The first-order valence-corrected chi connectivity index (χ1v) is 4.23. The number of likely N-dealkylation sites (N-methyl/N-ethyl adjacent to an activating group) is 1. The van der Waals surface area contributed by atoms with Crippen LogP contribution in [0.5, 0.6) is 0 Å². The molecule has 0 spiro atoms. The molecule has 0 radical (unpaired) electrons. The number of hydrogen-bond acceptors (Lipinski definition) is 3. The van der Waals surface area contributed by atoms with Gasteiger partial charge in [0.2, 0.25) is 0 Å². The third-order valence-corrected chi connectivity index (χ3v) is 2.02. The fourth-order valence-corrected chi connectivity index (χ4v) is 1.28. The lowest BCUT2D eigenvalue weighted by Gasteiger charge is -2.19. The van der Waals surface area contributed by atoms with Crippen molar-refractivity contribution in [2.75, 3.05) is 26.8 Å². The third kappa shape index (κ3) is 2.19. The van der Waals surface area contributed by atoms with Crippen LogP contribution in [0.2, 0.25) is 0 Å². The maximum atomic E-state index is 11.4. The summed E-state index contributed by atoms with van der Waals surface area (Å²) in [5, 5.41) is 8.59. The molecular weight excluding hydrogens is 158 g/mol. The van der Waals surface area contributed by atoms with E-state index in [1.165, 1.54) is 4.90 Å². The molecule has 1 aliphatic heterocycles. The quantitative estimate of drug-likeness (QED) is 0.632. The van der Waals surface area contributed by atoms with Crippen LogP contribution in [0, 0.1) is 0 Å². The van der Waals surface area contributed by atoms with Gasteiger partial charge in [0.25, 0.3) is 5.91 Å². The molecule has 1 amide bonds. The van der Waals surface area contributed by atoms with Crippen LogP contribution < -0.4 is 0 Å². The van der Waals surface area contributed by atoms with Crippen molar-refractivity contribution in [2.45, 2.75) is 18.9 Å². The van der Waals surface area contributed by atoms with Gasteiger partial charge in [0.05, 0.1) is 6.61 Å². The Bertz CT molecular complexity index is 154. The average molecular weight is 173 g/mol. The summed E-state index contributed by atoms with van der Waals surface area (Å²) >= 11 is 0. The number of rotatable bonds is 3. The molecule has 0 aliphatic carbocycles. The average Bonchev–Trinajstić information content (AvgIpc) is 2.55. The summed E-state index contributed by atoms with van der Waals surface area (Å²) in [6.45, 7) is 1.08. The first kappa shape index (κ1) is 9.48. The van der Waals surface area contributed by atoms with Gasteiger partial charge in [-0.05, 0) is 12.8 Å². The van der Waals surface area contributed by atoms with Gasteiger partial charge in [-0.2, -0.15) is 0 Å². The van der Waals surface area contributed by atoms with Crippen LogP contribution in [0.4, 0.5) is 0 Å². The lowest BCUT2D eigenvalue weighted by atomic mass is 10.2. The molecular formula is C8H15NO3. The molecule has 1 fully saturated rings. The predicted octanol–water partition coefficient (Wildman–Crippen LogP) is -0.384. The van der Waals surface area contributed by atoms with Crippen LogP contribution in [0.3, 0.4) is 0 Å². The van der Waals surface area contributed by atoms with Crippen molar-refractivity contribution in [1.82, 2.24) is 4.90 Å². The van der Waals surface area contributed by atoms with Gasteiger partial charge in [-0.25, -0.2) is 0 Å². The van der Waals surface area contributed by atoms with Gasteiger partial charge in [0, 0.05) is 20.2 Å². The SMILES string of the molecule is CN(CCO)C(=O)C1CCCO1. The Kier molecular flexibility index (Phi) is 3.49. The molecule has 1 unspecified atom stereocenters. The van der Waals surface area contributed by atoms with Gasteiger partial charge in [-0.15, -0.1) is 0 Å². The predicted molar refractivity (Wildman–Crippen MR) is 43.7 cm³/mol. The fraction of sp³-hybridized carbons (Fsp3) is 0.875. The number of carbonyl (C=O) groups excluding carboxylic acids is 1. The van der Waals surface area contributed by atoms with Crippen molar-refractivity contribution in [1.29, 1.82) is 0 Å². The first-order chi connectivity index (χ1) is 5.75. The van der Waals surface area contributed by atoms with Crippen LogP contribution in [0.1, 0.15) is 12.8 Å². The van der Waals surface area contributed by atoms with Gasteiger partial charge in [-0.3, -0.25) is 4.79 Å². The van der Waals surface area contributed by atoms with E-state index in [2.05, 4.69) is 0 Å². The molecule has 1 saturated heterocycles. The van der Waals surface area contributed by atoms with Crippen LogP contribution in [-0.4, -0.2) is 48.8 Å². The lowest BCUT2D eigenvalue weighted by Crippen LogP contribution is -2.37. The number of aliphatic hydroxyl groups excluding tert-OH is 1. The maximum Gasteiger partial charge on any atom is 0.251 e. The van der Waals surface area contributed by atoms with Crippen molar-refractivity contribution in [2.24, 2.45) is 0 Å². The zero-order valence-corrected chi connectivity index (χ0v) is 7.32. The number of hydrogen-bond donors (Lipinski definition) is 1. The Hall–Kier alpha value is -0.610. The van der Waals surface area contributed by atoms with E-state index in [1.807, 2.05) is 0 Å². The van der Waals surface area contributed by atoms with E-state index in [-0.39, 0.29) is 18.6 Å². The topological polar surface area (TPSA) is 49.8 Å². The van der Waals surface area contributed by atoms with Crippen molar-refractivity contribution >= 4 is 5.91 Å². The highest BCUT2D eigenvalue weighted by Gasteiger charge is 2.25. The van der Waals surface area contributed by atoms with Crippen LogP contribution >= 0.6 is 0 Å². The second kappa shape index (κ2) is 4.42. The number of aliphatic hydroxyl groups is 1. The smallest absolute Gasteiger partial charge is 0.251 e. The second-order valence-corrected chi connectivity index (χ2v) is 2.99. The lowest BCUT2D eigenvalue weighted by molar-refractivity contribution is -0.139. The number of nitrogens with zero attached hydrogens (tertiary/aromatic N) is 1. The normalized spacial score (nSPS) is 22.7. The van der Waals surface area contributed by atoms with Crippen LogP contribution in [-0.2, 0) is 9.53 Å². The molecule has 1 atom stereocenters. The summed E-state index contributed by atoms with van der Waals surface area (Å²) < 4.78 is 5.21. The number of amides is 1. The van der Waals surface area contributed by atoms with Crippen LogP contribution in [0.15, 0.2) is 0 Å². The molecule has 0 bridgehead atoms. The number of ether oxygens (including phenoxy) is 1.